The molecule has 4 heteroatoms. The summed E-state index contributed by atoms with van der Waals surface area (Å²) in [5.41, 5.74) is 6.16. The lowest BCUT2D eigenvalue weighted by Crippen LogP contribution is -2.22. The van der Waals surface area contributed by atoms with Gasteiger partial charge in [-0.2, -0.15) is 0 Å². The van der Waals surface area contributed by atoms with Gasteiger partial charge in [0, 0.05) is 36.2 Å². The van der Waals surface area contributed by atoms with Crippen LogP contribution in [0, 0.1) is 0 Å². The number of aromatic nitrogens is 1. The zero-order valence-corrected chi connectivity index (χ0v) is 11.6. The van der Waals surface area contributed by atoms with Crippen molar-refractivity contribution in [2.24, 2.45) is 0 Å². The summed E-state index contributed by atoms with van der Waals surface area (Å²) in [7, 11) is 0. The number of hydrogen-bond donors (Lipinski definition) is 0. The highest BCUT2D eigenvalue weighted by atomic mass is 35.5. The van der Waals surface area contributed by atoms with Crippen LogP contribution in [0.5, 0.6) is 0 Å². The fourth-order valence-electron chi connectivity index (χ4n) is 2.15. The first-order valence-corrected chi connectivity index (χ1v) is 6.52. The van der Waals surface area contributed by atoms with Gasteiger partial charge < -0.3 is 4.90 Å². The van der Waals surface area contributed by atoms with Gasteiger partial charge in [-0.3, -0.25) is 4.79 Å². The SMILES string of the molecule is CC(=O)C1=C=CC=C2C=CC(c3cccnc3Cl)=CN12. The lowest BCUT2D eigenvalue weighted by molar-refractivity contribution is -0.114. The second kappa shape index (κ2) is 4.97. The summed E-state index contributed by atoms with van der Waals surface area (Å²) in [6, 6.07) is 3.73. The van der Waals surface area contributed by atoms with E-state index in [-0.39, 0.29) is 5.78 Å². The van der Waals surface area contributed by atoms with Crippen molar-refractivity contribution in [3.63, 3.8) is 0 Å². The Labute approximate surface area is 121 Å². The zero-order chi connectivity index (χ0) is 14.1. The van der Waals surface area contributed by atoms with Crippen molar-refractivity contribution in [1.29, 1.82) is 0 Å². The number of fused-ring (bicyclic) bond motifs is 1. The van der Waals surface area contributed by atoms with E-state index in [0.717, 1.165) is 16.8 Å². The van der Waals surface area contributed by atoms with Crippen molar-refractivity contribution in [1.82, 2.24) is 9.88 Å². The van der Waals surface area contributed by atoms with Crippen LogP contribution in [0.4, 0.5) is 0 Å². The van der Waals surface area contributed by atoms with Gasteiger partial charge in [0.25, 0.3) is 0 Å². The van der Waals surface area contributed by atoms with Gasteiger partial charge in [0.15, 0.2) is 5.78 Å². The first kappa shape index (κ1) is 12.7. The van der Waals surface area contributed by atoms with Crippen LogP contribution in [0.2, 0.25) is 5.15 Å². The maximum absolute atomic E-state index is 11.7. The molecule has 3 rings (SSSR count). The fourth-order valence-corrected chi connectivity index (χ4v) is 2.38. The molecule has 2 aliphatic rings. The van der Waals surface area contributed by atoms with Crippen LogP contribution in [0.15, 0.2) is 66.0 Å². The van der Waals surface area contributed by atoms with Crippen molar-refractivity contribution in [2.45, 2.75) is 6.92 Å². The van der Waals surface area contributed by atoms with Crippen molar-refractivity contribution in [2.75, 3.05) is 0 Å². The third-order valence-electron chi connectivity index (χ3n) is 3.10. The van der Waals surface area contributed by atoms with Crippen molar-refractivity contribution < 1.29 is 4.79 Å². The second-order valence-electron chi connectivity index (χ2n) is 4.44. The molecule has 0 aromatic carbocycles. The Kier molecular flexibility index (Phi) is 3.15. The average Bonchev–Trinajstić information content (AvgIpc) is 2.46. The Morgan fingerprint density at radius 3 is 3.00 bits per heavy atom. The van der Waals surface area contributed by atoms with E-state index in [4.69, 9.17) is 11.6 Å². The van der Waals surface area contributed by atoms with E-state index < -0.39 is 0 Å². The van der Waals surface area contributed by atoms with Gasteiger partial charge in [-0.25, -0.2) is 4.98 Å². The second-order valence-corrected chi connectivity index (χ2v) is 4.79. The summed E-state index contributed by atoms with van der Waals surface area (Å²) in [6.07, 6.45) is 11.1. The van der Waals surface area contributed by atoms with Gasteiger partial charge in [0.2, 0.25) is 0 Å². The number of halogens is 1. The van der Waals surface area contributed by atoms with Crippen LogP contribution in [0.25, 0.3) is 5.57 Å². The van der Waals surface area contributed by atoms with Gasteiger partial charge >= 0.3 is 0 Å². The molecule has 0 fully saturated rings. The summed E-state index contributed by atoms with van der Waals surface area (Å²) < 4.78 is 0. The van der Waals surface area contributed by atoms with Crippen LogP contribution < -0.4 is 0 Å². The molecule has 20 heavy (non-hydrogen) atoms. The summed E-state index contributed by atoms with van der Waals surface area (Å²) >= 11 is 6.12. The van der Waals surface area contributed by atoms with Crippen LogP contribution in [0.3, 0.4) is 0 Å². The lowest BCUT2D eigenvalue weighted by atomic mass is 10.0. The molecule has 0 atom stereocenters. The molecule has 2 aliphatic heterocycles. The van der Waals surface area contributed by atoms with Gasteiger partial charge in [0.1, 0.15) is 10.9 Å². The fraction of sp³-hybridized carbons (Fsp3) is 0.0625. The monoisotopic (exact) mass is 282 g/mol. The van der Waals surface area contributed by atoms with E-state index in [2.05, 4.69) is 10.7 Å². The molecule has 3 heterocycles. The molecule has 0 aliphatic carbocycles. The van der Waals surface area contributed by atoms with Crippen LogP contribution in [-0.4, -0.2) is 15.7 Å². The van der Waals surface area contributed by atoms with Crippen LogP contribution in [0.1, 0.15) is 12.5 Å². The highest BCUT2D eigenvalue weighted by Gasteiger charge is 2.20. The minimum absolute atomic E-state index is 0.0324. The van der Waals surface area contributed by atoms with Crippen LogP contribution >= 0.6 is 11.6 Å². The molecule has 0 unspecified atom stereocenters. The Bertz CT molecular complexity index is 749. The molecular formula is C16H11ClN2O. The van der Waals surface area contributed by atoms with Gasteiger partial charge in [-0.15, -0.1) is 0 Å². The molecule has 0 amide bonds. The Balaban J connectivity index is 2.07. The van der Waals surface area contributed by atoms with E-state index >= 15 is 0 Å². The average molecular weight is 283 g/mol. The quantitative estimate of drug-likeness (QED) is 0.615. The number of nitrogens with zero attached hydrogens (tertiary/aromatic N) is 2. The van der Waals surface area contributed by atoms with E-state index in [1.54, 1.807) is 12.3 Å². The normalized spacial score (nSPS) is 16.3. The molecule has 0 saturated carbocycles. The first-order valence-electron chi connectivity index (χ1n) is 6.15. The van der Waals surface area contributed by atoms with Crippen molar-refractivity contribution >= 4 is 23.0 Å². The number of hydrogen-bond acceptors (Lipinski definition) is 3. The minimum Gasteiger partial charge on any atom is -0.307 e. The van der Waals surface area contributed by atoms with Crippen molar-refractivity contribution in [3.8, 4) is 0 Å². The number of carbonyl (C=O) groups is 1. The van der Waals surface area contributed by atoms with Gasteiger partial charge in [-0.05, 0) is 30.4 Å². The first-order chi connectivity index (χ1) is 9.66. The highest BCUT2D eigenvalue weighted by molar-refractivity contribution is 6.31. The van der Waals surface area contributed by atoms with E-state index in [9.17, 15) is 4.79 Å². The number of ketones is 1. The smallest absolute Gasteiger partial charge is 0.184 e. The van der Waals surface area contributed by atoms with E-state index in [1.807, 2.05) is 41.5 Å². The predicted octanol–water partition coefficient (Wildman–Crippen LogP) is 3.47. The molecule has 1 aromatic rings. The zero-order valence-electron chi connectivity index (χ0n) is 10.8. The Hall–Kier alpha value is -2.35. The predicted molar refractivity (Wildman–Crippen MR) is 78.6 cm³/mol. The maximum atomic E-state index is 11.7. The lowest BCUT2D eigenvalue weighted by Gasteiger charge is -2.27. The van der Waals surface area contributed by atoms with Gasteiger partial charge in [-0.1, -0.05) is 23.4 Å². The molecule has 3 nitrogen and oxygen atoms in total. The summed E-state index contributed by atoms with van der Waals surface area (Å²) in [6.45, 7) is 1.53. The summed E-state index contributed by atoms with van der Waals surface area (Å²) in [5.74, 6) is -0.0324. The molecule has 0 saturated heterocycles. The number of Topliss-reactive ketones (excluding diaryl/α,β-unsaturated/α-hetero) is 1. The third-order valence-corrected chi connectivity index (χ3v) is 3.40. The number of pyridine rings is 1. The molecule has 0 radical (unpaired) electrons. The summed E-state index contributed by atoms with van der Waals surface area (Å²) in [4.78, 5) is 17.6. The highest BCUT2D eigenvalue weighted by Crippen LogP contribution is 2.31. The molecular weight excluding hydrogens is 272 g/mol. The summed E-state index contributed by atoms with van der Waals surface area (Å²) in [5, 5.41) is 0.441. The molecule has 1 aromatic heterocycles. The molecule has 98 valence electrons. The molecule has 0 bridgehead atoms. The maximum Gasteiger partial charge on any atom is 0.184 e. The molecule has 0 spiro atoms. The standard InChI is InChI=1S/C16H11ClN2O/c1-11(20)15-6-2-4-13-8-7-12(10-19(13)15)14-5-3-9-18-16(14)17/h2-5,7-10H,1H3. The van der Waals surface area contributed by atoms with Gasteiger partial charge in [0.05, 0.1) is 0 Å². The number of allylic oxidation sites excluding steroid dienone is 5. The third kappa shape index (κ3) is 2.14. The topological polar surface area (TPSA) is 33.2 Å². The minimum atomic E-state index is -0.0324. The van der Waals surface area contributed by atoms with E-state index in [1.165, 1.54) is 6.92 Å². The number of carbonyl (C=O) groups excluding carboxylic acids is 1. The van der Waals surface area contributed by atoms with Crippen molar-refractivity contribution in [3.05, 3.63) is 76.7 Å². The Morgan fingerprint density at radius 1 is 1.40 bits per heavy atom. The Morgan fingerprint density at radius 2 is 2.25 bits per heavy atom. The number of rotatable bonds is 2. The van der Waals surface area contributed by atoms with Crippen LogP contribution in [-0.2, 0) is 4.79 Å². The van der Waals surface area contributed by atoms with E-state index in [0.29, 0.717) is 10.9 Å². The molecule has 0 N–H and O–H groups in total. The largest absolute Gasteiger partial charge is 0.307 e.